The van der Waals surface area contributed by atoms with Gasteiger partial charge in [-0.1, -0.05) is 32.0 Å². The van der Waals surface area contributed by atoms with E-state index in [-0.39, 0.29) is 0 Å². The van der Waals surface area contributed by atoms with Gasteiger partial charge in [0.05, 0.1) is 0 Å². The molecule has 0 aliphatic carbocycles. The van der Waals surface area contributed by atoms with Gasteiger partial charge in [-0.05, 0) is 62.4 Å². The van der Waals surface area contributed by atoms with Crippen LogP contribution in [-0.2, 0) is 6.42 Å². The summed E-state index contributed by atoms with van der Waals surface area (Å²) in [6, 6.07) is 6.78. The molecule has 0 saturated heterocycles. The first-order valence-electron chi connectivity index (χ1n) is 7.38. The predicted molar refractivity (Wildman–Crippen MR) is 84.5 cm³/mol. The van der Waals surface area contributed by atoms with E-state index < -0.39 is 0 Å². The van der Waals surface area contributed by atoms with Crippen molar-refractivity contribution in [2.45, 2.75) is 34.1 Å². The number of nitrogens with zero attached hydrogens (tertiary/aromatic N) is 1. The van der Waals surface area contributed by atoms with E-state index in [1.54, 1.807) is 0 Å². The molecule has 0 aromatic heterocycles. The van der Waals surface area contributed by atoms with Crippen LogP contribution >= 0.6 is 0 Å². The Bertz CT molecular complexity index is 385. The van der Waals surface area contributed by atoms with E-state index in [1.165, 1.54) is 16.7 Å². The number of hydrogen-bond donors (Lipinski definition) is 1. The smallest absolute Gasteiger partial charge is 0.00212 e. The normalized spacial score (nSPS) is 13.3. The lowest BCUT2D eigenvalue weighted by molar-refractivity contribution is 0.242. The van der Waals surface area contributed by atoms with Crippen molar-refractivity contribution in [3.05, 3.63) is 34.9 Å². The molecule has 0 aliphatic rings. The zero-order chi connectivity index (χ0) is 14.4. The SMILES string of the molecule is Cc1ccc(CCN(C)CC(CN)C(C)C)cc1C. The van der Waals surface area contributed by atoms with Crippen molar-refractivity contribution in [3.63, 3.8) is 0 Å². The van der Waals surface area contributed by atoms with Gasteiger partial charge in [-0.2, -0.15) is 0 Å². The Kier molecular flexibility index (Phi) is 6.53. The summed E-state index contributed by atoms with van der Waals surface area (Å²) in [6.07, 6.45) is 1.12. The molecule has 1 aromatic rings. The maximum atomic E-state index is 5.84. The summed E-state index contributed by atoms with van der Waals surface area (Å²) < 4.78 is 0. The molecule has 0 fully saturated rings. The highest BCUT2D eigenvalue weighted by molar-refractivity contribution is 5.30. The highest BCUT2D eigenvalue weighted by atomic mass is 15.1. The summed E-state index contributed by atoms with van der Waals surface area (Å²) in [5.74, 6) is 1.26. The van der Waals surface area contributed by atoms with E-state index in [2.05, 4.69) is 57.8 Å². The Hall–Kier alpha value is -0.860. The molecule has 1 aromatic carbocycles. The first kappa shape index (κ1) is 16.2. The number of likely N-dealkylation sites (N-methyl/N-ethyl adjacent to an activating group) is 1. The topological polar surface area (TPSA) is 29.3 Å². The van der Waals surface area contributed by atoms with E-state index >= 15 is 0 Å². The van der Waals surface area contributed by atoms with Gasteiger partial charge in [0.1, 0.15) is 0 Å². The monoisotopic (exact) mass is 262 g/mol. The fraction of sp³-hybridized carbons (Fsp3) is 0.647. The van der Waals surface area contributed by atoms with Crippen LogP contribution in [0.25, 0.3) is 0 Å². The molecular weight excluding hydrogens is 232 g/mol. The Morgan fingerprint density at radius 3 is 2.37 bits per heavy atom. The van der Waals surface area contributed by atoms with Crippen LogP contribution in [0.15, 0.2) is 18.2 Å². The lowest BCUT2D eigenvalue weighted by Crippen LogP contribution is -2.34. The minimum atomic E-state index is 0.602. The van der Waals surface area contributed by atoms with Crippen LogP contribution in [0.1, 0.15) is 30.5 Å². The molecule has 2 N–H and O–H groups in total. The summed E-state index contributed by atoms with van der Waals surface area (Å²) >= 11 is 0. The molecule has 0 heterocycles. The van der Waals surface area contributed by atoms with Crippen molar-refractivity contribution in [2.24, 2.45) is 17.6 Å². The van der Waals surface area contributed by atoms with Crippen molar-refractivity contribution in [1.82, 2.24) is 4.90 Å². The fourth-order valence-electron chi connectivity index (χ4n) is 2.33. The molecular formula is C17H30N2. The second-order valence-corrected chi connectivity index (χ2v) is 6.17. The number of rotatable bonds is 7. The number of nitrogens with two attached hydrogens (primary N) is 1. The fourth-order valence-corrected chi connectivity index (χ4v) is 2.33. The van der Waals surface area contributed by atoms with E-state index in [0.29, 0.717) is 11.8 Å². The molecule has 1 unspecified atom stereocenters. The Balaban J connectivity index is 2.45. The van der Waals surface area contributed by atoms with Crippen molar-refractivity contribution >= 4 is 0 Å². The molecule has 0 aliphatic heterocycles. The summed E-state index contributed by atoms with van der Waals surface area (Å²) in [4.78, 5) is 2.41. The number of hydrogen-bond acceptors (Lipinski definition) is 2. The molecule has 1 atom stereocenters. The van der Waals surface area contributed by atoms with Crippen molar-refractivity contribution < 1.29 is 0 Å². The van der Waals surface area contributed by atoms with E-state index in [9.17, 15) is 0 Å². The van der Waals surface area contributed by atoms with E-state index in [4.69, 9.17) is 5.73 Å². The summed E-state index contributed by atoms with van der Waals surface area (Å²) in [5, 5.41) is 0. The van der Waals surface area contributed by atoms with E-state index in [0.717, 1.165) is 26.1 Å². The quantitative estimate of drug-likeness (QED) is 0.818. The van der Waals surface area contributed by atoms with Gasteiger partial charge in [-0.3, -0.25) is 0 Å². The van der Waals surface area contributed by atoms with E-state index in [1.807, 2.05) is 0 Å². The Morgan fingerprint density at radius 1 is 1.16 bits per heavy atom. The van der Waals surface area contributed by atoms with Gasteiger partial charge >= 0.3 is 0 Å². The van der Waals surface area contributed by atoms with Crippen molar-refractivity contribution in [3.8, 4) is 0 Å². The van der Waals surface area contributed by atoms with Crippen LogP contribution in [0.4, 0.5) is 0 Å². The second kappa shape index (κ2) is 7.66. The Labute approximate surface area is 119 Å². The molecule has 108 valence electrons. The van der Waals surface area contributed by atoms with Crippen LogP contribution < -0.4 is 5.73 Å². The second-order valence-electron chi connectivity index (χ2n) is 6.17. The third-order valence-corrected chi connectivity index (χ3v) is 4.15. The summed E-state index contributed by atoms with van der Waals surface area (Å²) in [7, 11) is 2.20. The number of aryl methyl sites for hydroxylation is 2. The van der Waals surface area contributed by atoms with Crippen LogP contribution in [0, 0.1) is 25.7 Å². The zero-order valence-electron chi connectivity index (χ0n) is 13.2. The van der Waals surface area contributed by atoms with Crippen LogP contribution in [0.5, 0.6) is 0 Å². The minimum absolute atomic E-state index is 0.602. The van der Waals surface area contributed by atoms with Crippen molar-refractivity contribution in [2.75, 3.05) is 26.7 Å². The van der Waals surface area contributed by atoms with Crippen molar-refractivity contribution in [1.29, 1.82) is 0 Å². The molecule has 0 spiro atoms. The van der Waals surface area contributed by atoms with Gasteiger partial charge in [0.2, 0.25) is 0 Å². The minimum Gasteiger partial charge on any atom is -0.330 e. The lowest BCUT2D eigenvalue weighted by atomic mass is 9.95. The Morgan fingerprint density at radius 2 is 1.84 bits per heavy atom. The van der Waals surface area contributed by atoms with Gasteiger partial charge in [-0.25, -0.2) is 0 Å². The van der Waals surface area contributed by atoms with Gasteiger partial charge in [0.25, 0.3) is 0 Å². The van der Waals surface area contributed by atoms with Crippen LogP contribution in [-0.4, -0.2) is 31.6 Å². The number of benzene rings is 1. The van der Waals surface area contributed by atoms with Gasteiger partial charge < -0.3 is 10.6 Å². The van der Waals surface area contributed by atoms with Gasteiger partial charge in [0, 0.05) is 13.1 Å². The molecule has 0 amide bonds. The largest absolute Gasteiger partial charge is 0.330 e. The molecule has 0 radical (unpaired) electrons. The first-order valence-corrected chi connectivity index (χ1v) is 7.38. The maximum Gasteiger partial charge on any atom is 0.00212 e. The lowest BCUT2D eigenvalue weighted by Gasteiger charge is -2.25. The zero-order valence-corrected chi connectivity index (χ0v) is 13.2. The van der Waals surface area contributed by atoms with Gasteiger partial charge in [0.15, 0.2) is 0 Å². The average molecular weight is 262 g/mol. The molecule has 0 saturated carbocycles. The standard InChI is InChI=1S/C17H30N2/c1-13(2)17(11-18)12-19(5)9-8-16-7-6-14(3)15(4)10-16/h6-7,10,13,17H,8-9,11-12,18H2,1-5H3. The van der Waals surface area contributed by atoms with Crippen LogP contribution in [0.3, 0.4) is 0 Å². The highest BCUT2D eigenvalue weighted by Gasteiger charge is 2.13. The molecule has 1 rings (SSSR count). The maximum absolute atomic E-state index is 5.84. The third kappa shape index (κ3) is 5.33. The third-order valence-electron chi connectivity index (χ3n) is 4.15. The summed E-state index contributed by atoms with van der Waals surface area (Å²) in [6.45, 7) is 11.9. The first-order chi connectivity index (χ1) is 8.93. The van der Waals surface area contributed by atoms with Crippen LogP contribution in [0.2, 0.25) is 0 Å². The van der Waals surface area contributed by atoms with Gasteiger partial charge in [-0.15, -0.1) is 0 Å². The highest BCUT2D eigenvalue weighted by Crippen LogP contribution is 2.13. The molecule has 2 nitrogen and oxygen atoms in total. The molecule has 19 heavy (non-hydrogen) atoms. The molecule has 2 heteroatoms. The predicted octanol–water partition coefficient (Wildman–Crippen LogP) is 3.01. The average Bonchev–Trinajstić information content (AvgIpc) is 2.37. The molecule has 0 bridgehead atoms. The summed E-state index contributed by atoms with van der Waals surface area (Å²) in [5.41, 5.74) is 10.0.